The van der Waals surface area contributed by atoms with Crippen molar-refractivity contribution in [1.82, 2.24) is 0 Å². The Morgan fingerprint density at radius 2 is 2.19 bits per heavy atom. The molecular weight excluding hydrogens is 202 g/mol. The molecular formula is C13H17NO2. The van der Waals surface area contributed by atoms with Crippen LogP contribution in [-0.2, 0) is 5.60 Å². The van der Waals surface area contributed by atoms with Crippen LogP contribution in [0.15, 0.2) is 28.7 Å². The molecule has 1 heterocycles. The monoisotopic (exact) mass is 219 g/mol. The van der Waals surface area contributed by atoms with Gasteiger partial charge in [-0.25, -0.2) is 0 Å². The Kier molecular flexibility index (Phi) is 2.74. The van der Waals surface area contributed by atoms with E-state index in [1.165, 1.54) is 0 Å². The molecule has 0 radical (unpaired) electrons. The van der Waals surface area contributed by atoms with Crippen molar-refractivity contribution in [1.29, 1.82) is 0 Å². The molecule has 0 fully saturated rings. The lowest BCUT2D eigenvalue weighted by Crippen LogP contribution is -2.33. The quantitative estimate of drug-likeness (QED) is 0.832. The van der Waals surface area contributed by atoms with Gasteiger partial charge in [0.05, 0.1) is 0 Å². The fraction of sp³-hybridized carbons (Fsp3) is 0.385. The SMILES string of the molecule is CCC(O)(CN)c1cc2cccc(C)c2o1. The van der Waals surface area contributed by atoms with Gasteiger partial charge >= 0.3 is 0 Å². The first-order valence-electron chi connectivity index (χ1n) is 5.53. The molecule has 0 aliphatic rings. The number of nitrogens with two attached hydrogens (primary N) is 1. The second kappa shape index (κ2) is 3.92. The Morgan fingerprint density at radius 1 is 1.44 bits per heavy atom. The normalized spacial score (nSPS) is 15.2. The van der Waals surface area contributed by atoms with Crippen LogP contribution in [0.4, 0.5) is 0 Å². The first-order chi connectivity index (χ1) is 7.60. The third-order valence-corrected chi connectivity index (χ3v) is 3.12. The topological polar surface area (TPSA) is 59.4 Å². The Morgan fingerprint density at radius 3 is 2.75 bits per heavy atom. The van der Waals surface area contributed by atoms with Crippen LogP contribution < -0.4 is 5.73 Å². The van der Waals surface area contributed by atoms with E-state index in [4.69, 9.17) is 10.2 Å². The van der Waals surface area contributed by atoms with Crippen molar-refractivity contribution in [3.05, 3.63) is 35.6 Å². The summed E-state index contributed by atoms with van der Waals surface area (Å²) in [6.07, 6.45) is 0.544. The average Bonchev–Trinajstić information content (AvgIpc) is 2.74. The largest absolute Gasteiger partial charge is 0.458 e. The van der Waals surface area contributed by atoms with Gasteiger partial charge in [-0.05, 0) is 25.0 Å². The van der Waals surface area contributed by atoms with Gasteiger partial charge in [0.25, 0.3) is 0 Å². The zero-order valence-electron chi connectivity index (χ0n) is 9.66. The van der Waals surface area contributed by atoms with Crippen molar-refractivity contribution in [2.75, 3.05) is 6.54 Å². The van der Waals surface area contributed by atoms with Gasteiger partial charge in [-0.1, -0.05) is 25.1 Å². The zero-order chi connectivity index (χ0) is 11.8. The van der Waals surface area contributed by atoms with E-state index in [1.807, 2.05) is 38.1 Å². The predicted molar refractivity (Wildman–Crippen MR) is 64.2 cm³/mol. The number of aryl methyl sites for hydroxylation is 1. The summed E-state index contributed by atoms with van der Waals surface area (Å²) in [6, 6.07) is 7.81. The molecule has 0 aliphatic carbocycles. The Hall–Kier alpha value is -1.32. The number of aliphatic hydroxyl groups is 1. The summed E-state index contributed by atoms with van der Waals surface area (Å²) in [7, 11) is 0. The Balaban J connectivity index is 2.59. The van der Waals surface area contributed by atoms with Crippen molar-refractivity contribution < 1.29 is 9.52 Å². The summed E-state index contributed by atoms with van der Waals surface area (Å²) >= 11 is 0. The highest BCUT2D eigenvalue weighted by molar-refractivity contribution is 5.81. The van der Waals surface area contributed by atoms with Gasteiger partial charge in [0.2, 0.25) is 0 Å². The van der Waals surface area contributed by atoms with Crippen LogP contribution in [0.1, 0.15) is 24.7 Å². The first-order valence-corrected chi connectivity index (χ1v) is 5.53. The molecule has 3 nitrogen and oxygen atoms in total. The lowest BCUT2D eigenvalue weighted by Gasteiger charge is -2.21. The second-order valence-electron chi connectivity index (χ2n) is 4.19. The molecule has 3 heteroatoms. The number of para-hydroxylation sites is 1. The van der Waals surface area contributed by atoms with E-state index in [0.717, 1.165) is 16.5 Å². The standard InChI is InChI=1S/C13H17NO2/c1-3-13(15,8-14)11-7-10-6-4-5-9(2)12(10)16-11/h4-7,15H,3,8,14H2,1-2H3. The molecule has 0 spiro atoms. The molecule has 0 amide bonds. The third-order valence-electron chi connectivity index (χ3n) is 3.12. The van der Waals surface area contributed by atoms with Crippen molar-refractivity contribution in [3.8, 4) is 0 Å². The minimum Gasteiger partial charge on any atom is -0.458 e. The third kappa shape index (κ3) is 1.62. The van der Waals surface area contributed by atoms with Gasteiger partial charge in [0.15, 0.2) is 0 Å². The minimum atomic E-state index is -1.05. The summed E-state index contributed by atoms with van der Waals surface area (Å²) in [5, 5.41) is 11.3. The van der Waals surface area contributed by atoms with E-state index in [1.54, 1.807) is 0 Å². The van der Waals surface area contributed by atoms with Gasteiger partial charge in [-0.3, -0.25) is 0 Å². The van der Waals surface area contributed by atoms with E-state index >= 15 is 0 Å². The van der Waals surface area contributed by atoms with Crippen molar-refractivity contribution in [2.24, 2.45) is 5.73 Å². The maximum Gasteiger partial charge on any atom is 0.138 e. The number of hydrogen-bond donors (Lipinski definition) is 2. The number of hydrogen-bond acceptors (Lipinski definition) is 3. The summed E-state index contributed by atoms with van der Waals surface area (Å²) in [5.41, 5.74) is 6.45. The molecule has 1 atom stereocenters. The van der Waals surface area contributed by atoms with Gasteiger partial charge < -0.3 is 15.3 Å². The van der Waals surface area contributed by atoms with E-state index in [2.05, 4.69) is 0 Å². The second-order valence-corrected chi connectivity index (χ2v) is 4.19. The van der Waals surface area contributed by atoms with Crippen LogP contribution in [0, 0.1) is 6.92 Å². The molecule has 0 saturated carbocycles. The highest BCUT2D eigenvalue weighted by Crippen LogP contribution is 2.31. The van der Waals surface area contributed by atoms with Gasteiger partial charge in [0, 0.05) is 11.9 Å². The molecule has 0 bridgehead atoms. The molecule has 2 rings (SSSR count). The average molecular weight is 219 g/mol. The van der Waals surface area contributed by atoms with Crippen LogP contribution in [0.3, 0.4) is 0 Å². The summed E-state index contributed by atoms with van der Waals surface area (Å²) in [4.78, 5) is 0. The van der Waals surface area contributed by atoms with Crippen LogP contribution in [0.2, 0.25) is 0 Å². The summed E-state index contributed by atoms with van der Waals surface area (Å²) < 4.78 is 5.72. The number of fused-ring (bicyclic) bond motifs is 1. The van der Waals surface area contributed by atoms with E-state index < -0.39 is 5.60 Å². The molecule has 3 N–H and O–H groups in total. The summed E-state index contributed by atoms with van der Waals surface area (Å²) in [6.45, 7) is 4.05. The Bertz CT molecular complexity index is 498. The molecule has 1 aromatic carbocycles. The fourth-order valence-electron chi connectivity index (χ4n) is 1.86. The van der Waals surface area contributed by atoms with Crippen LogP contribution in [0.25, 0.3) is 11.0 Å². The molecule has 0 saturated heterocycles. The molecule has 2 aromatic rings. The maximum atomic E-state index is 10.3. The maximum absolute atomic E-state index is 10.3. The Labute approximate surface area is 94.9 Å². The number of rotatable bonds is 3. The van der Waals surface area contributed by atoms with Crippen LogP contribution in [-0.4, -0.2) is 11.7 Å². The summed E-state index contributed by atoms with van der Waals surface area (Å²) in [5.74, 6) is 0.557. The van der Waals surface area contributed by atoms with Gasteiger partial charge in [-0.15, -0.1) is 0 Å². The minimum absolute atomic E-state index is 0.169. The number of furan rings is 1. The molecule has 1 unspecified atom stereocenters. The smallest absolute Gasteiger partial charge is 0.138 e. The highest BCUT2D eigenvalue weighted by atomic mass is 16.4. The van der Waals surface area contributed by atoms with Crippen LogP contribution >= 0.6 is 0 Å². The highest BCUT2D eigenvalue weighted by Gasteiger charge is 2.29. The molecule has 1 aromatic heterocycles. The van der Waals surface area contributed by atoms with Crippen molar-refractivity contribution in [3.63, 3.8) is 0 Å². The predicted octanol–water partition coefficient (Wildman–Crippen LogP) is 2.30. The molecule has 0 aliphatic heterocycles. The van der Waals surface area contributed by atoms with E-state index in [0.29, 0.717) is 12.2 Å². The van der Waals surface area contributed by atoms with Crippen molar-refractivity contribution >= 4 is 11.0 Å². The lowest BCUT2D eigenvalue weighted by molar-refractivity contribution is 0.0212. The number of benzene rings is 1. The van der Waals surface area contributed by atoms with Crippen molar-refractivity contribution in [2.45, 2.75) is 25.9 Å². The van der Waals surface area contributed by atoms with Gasteiger partial charge in [0.1, 0.15) is 16.9 Å². The van der Waals surface area contributed by atoms with Gasteiger partial charge in [-0.2, -0.15) is 0 Å². The molecule has 16 heavy (non-hydrogen) atoms. The zero-order valence-corrected chi connectivity index (χ0v) is 9.66. The van der Waals surface area contributed by atoms with Crippen LogP contribution in [0.5, 0.6) is 0 Å². The lowest BCUT2D eigenvalue weighted by atomic mass is 9.97. The van der Waals surface area contributed by atoms with E-state index in [-0.39, 0.29) is 6.54 Å². The van der Waals surface area contributed by atoms with E-state index in [9.17, 15) is 5.11 Å². The fourth-order valence-corrected chi connectivity index (χ4v) is 1.86. The first kappa shape index (κ1) is 11.2. The molecule has 86 valence electrons.